The van der Waals surface area contributed by atoms with E-state index in [1.54, 1.807) is 12.3 Å². The summed E-state index contributed by atoms with van der Waals surface area (Å²) in [6.07, 6.45) is 3.03. The minimum Gasteiger partial charge on any atom is -0.362 e. The molecule has 0 radical (unpaired) electrons. The molecule has 4 N–H and O–H groups in total. The summed E-state index contributed by atoms with van der Waals surface area (Å²) < 4.78 is 4.96. The Hall–Kier alpha value is -2.15. The van der Waals surface area contributed by atoms with Crippen LogP contribution < -0.4 is 16.6 Å². The van der Waals surface area contributed by atoms with Gasteiger partial charge in [0.15, 0.2) is 5.76 Å². The normalized spacial score (nSPS) is 10.1. The molecule has 16 heavy (non-hydrogen) atoms. The molecule has 84 valence electrons. The number of hydrogen-bond donors (Lipinski definition) is 3. The zero-order chi connectivity index (χ0) is 11.4. The van der Waals surface area contributed by atoms with Gasteiger partial charge >= 0.3 is 0 Å². The number of nitrogen functional groups attached to an aromatic ring is 1. The van der Waals surface area contributed by atoms with Crippen molar-refractivity contribution in [3.63, 3.8) is 0 Å². The van der Waals surface area contributed by atoms with Crippen molar-refractivity contribution in [2.45, 2.75) is 13.5 Å². The van der Waals surface area contributed by atoms with Gasteiger partial charge in [0.05, 0.1) is 12.7 Å². The molecule has 0 amide bonds. The van der Waals surface area contributed by atoms with Crippen LogP contribution in [0.15, 0.2) is 23.1 Å². The molecule has 0 saturated carbocycles. The second-order valence-corrected chi connectivity index (χ2v) is 3.17. The smallest absolute Gasteiger partial charge is 0.155 e. The zero-order valence-corrected chi connectivity index (χ0v) is 8.77. The lowest BCUT2D eigenvalue weighted by Crippen LogP contribution is -2.12. The van der Waals surface area contributed by atoms with Gasteiger partial charge in [-0.15, -0.1) is 0 Å². The molecular weight excluding hydrogens is 208 g/mol. The van der Waals surface area contributed by atoms with E-state index in [1.807, 2.05) is 6.92 Å². The molecule has 2 heterocycles. The number of rotatable bonds is 4. The van der Waals surface area contributed by atoms with Crippen LogP contribution in [0.3, 0.4) is 0 Å². The highest BCUT2D eigenvalue weighted by Crippen LogP contribution is 2.17. The van der Waals surface area contributed by atoms with Gasteiger partial charge in [-0.05, 0) is 6.92 Å². The largest absolute Gasteiger partial charge is 0.362 e. The molecule has 2 aromatic rings. The summed E-state index contributed by atoms with van der Waals surface area (Å²) in [6, 6.07) is 1.78. The predicted octanol–water partition coefficient (Wildman–Crippen LogP) is 0.671. The SMILES string of the molecule is Cc1c(NN)ncnc1NCc1ccno1. The van der Waals surface area contributed by atoms with Crippen LogP contribution in [0.25, 0.3) is 0 Å². The van der Waals surface area contributed by atoms with Gasteiger partial charge in [-0.3, -0.25) is 0 Å². The molecule has 0 aliphatic rings. The zero-order valence-electron chi connectivity index (χ0n) is 8.77. The number of anilines is 2. The summed E-state index contributed by atoms with van der Waals surface area (Å²) in [7, 11) is 0. The van der Waals surface area contributed by atoms with E-state index in [2.05, 4.69) is 25.9 Å². The van der Waals surface area contributed by atoms with Crippen LogP contribution in [0.4, 0.5) is 11.6 Å². The Kier molecular flexibility index (Phi) is 2.97. The fourth-order valence-corrected chi connectivity index (χ4v) is 1.28. The first-order chi connectivity index (χ1) is 7.81. The first-order valence-electron chi connectivity index (χ1n) is 4.73. The lowest BCUT2D eigenvalue weighted by atomic mass is 10.3. The second kappa shape index (κ2) is 4.58. The van der Waals surface area contributed by atoms with Crippen molar-refractivity contribution in [1.82, 2.24) is 15.1 Å². The van der Waals surface area contributed by atoms with Crippen LogP contribution in [0, 0.1) is 6.92 Å². The van der Waals surface area contributed by atoms with Gasteiger partial charge in [-0.2, -0.15) is 0 Å². The molecule has 0 atom stereocenters. The molecule has 0 spiro atoms. The highest BCUT2D eigenvalue weighted by atomic mass is 16.5. The van der Waals surface area contributed by atoms with E-state index < -0.39 is 0 Å². The van der Waals surface area contributed by atoms with E-state index in [0.717, 1.165) is 11.3 Å². The number of nitrogens with one attached hydrogen (secondary N) is 2. The molecule has 7 nitrogen and oxygen atoms in total. The number of hydrazine groups is 1. The summed E-state index contributed by atoms with van der Waals surface area (Å²) >= 11 is 0. The third kappa shape index (κ3) is 2.09. The van der Waals surface area contributed by atoms with E-state index in [1.165, 1.54) is 6.33 Å². The molecule has 0 fully saturated rings. The van der Waals surface area contributed by atoms with Crippen molar-refractivity contribution in [3.8, 4) is 0 Å². The molecule has 0 aliphatic carbocycles. The third-order valence-corrected chi connectivity index (χ3v) is 2.14. The maximum absolute atomic E-state index is 5.31. The minimum atomic E-state index is 0.516. The van der Waals surface area contributed by atoms with Crippen molar-refractivity contribution < 1.29 is 4.52 Å². The Labute approximate surface area is 92.0 Å². The molecule has 0 saturated heterocycles. The molecule has 2 aromatic heterocycles. The van der Waals surface area contributed by atoms with E-state index >= 15 is 0 Å². The Morgan fingerprint density at radius 2 is 2.19 bits per heavy atom. The summed E-state index contributed by atoms with van der Waals surface area (Å²) in [4.78, 5) is 8.09. The van der Waals surface area contributed by atoms with Gasteiger partial charge in [0.2, 0.25) is 0 Å². The fraction of sp³-hybridized carbons (Fsp3) is 0.222. The topological polar surface area (TPSA) is 102 Å². The van der Waals surface area contributed by atoms with Crippen LogP contribution in [0.5, 0.6) is 0 Å². The number of nitrogens with two attached hydrogens (primary N) is 1. The average molecular weight is 220 g/mol. The maximum Gasteiger partial charge on any atom is 0.155 e. The van der Waals surface area contributed by atoms with Crippen LogP contribution in [-0.2, 0) is 6.54 Å². The Morgan fingerprint density at radius 3 is 2.88 bits per heavy atom. The lowest BCUT2D eigenvalue weighted by Gasteiger charge is -2.09. The standard InChI is InChI=1S/C9H12N6O/c1-6-8(12-5-13-9(6)15-10)11-4-7-2-3-14-16-7/h2-3,5H,4,10H2,1H3,(H2,11,12,13,15). The summed E-state index contributed by atoms with van der Waals surface area (Å²) in [5.41, 5.74) is 3.35. The van der Waals surface area contributed by atoms with Gasteiger partial charge in [-0.1, -0.05) is 5.16 Å². The highest BCUT2D eigenvalue weighted by molar-refractivity contribution is 5.55. The summed E-state index contributed by atoms with van der Waals surface area (Å²) in [5, 5.41) is 6.72. The van der Waals surface area contributed by atoms with Crippen LogP contribution >= 0.6 is 0 Å². The van der Waals surface area contributed by atoms with Gasteiger partial charge in [0.1, 0.15) is 18.0 Å². The molecular formula is C9H12N6O. The van der Waals surface area contributed by atoms with Crippen molar-refractivity contribution in [2.75, 3.05) is 10.7 Å². The molecule has 0 aromatic carbocycles. The summed E-state index contributed by atoms with van der Waals surface area (Å²) in [6.45, 7) is 2.39. The van der Waals surface area contributed by atoms with Gasteiger partial charge < -0.3 is 15.3 Å². The predicted molar refractivity (Wildman–Crippen MR) is 58.4 cm³/mol. The molecule has 7 heteroatoms. The van der Waals surface area contributed by atoms with Crippen molar-refractivity contribution >= 4 is 11.6 Å². The van der Waals surface area contributed by atoms with E-state index in [-0.39, 0.29) is 0 Å². The third-order valence-electron chi connectivity index (χ3n) is 2.14. The van der Waals surface area contributed by atoms with Gasteiger partial charge in [0.25, 0.3) is 0 Å². The van der Waals surface area contributed by atoms with Crippen LogP contribution in [-0.4, -0.2) is 15.1 Å². The Balaban J connectivity index is 2.09. The van der Waals surface area contributed by atoms with Crippen molar-refractivity contribution in [3.05, 3.63) is 29.9 Å². The van der Waals surface area contributed by atoms with Gasteiger partial charge in [0, 0.05) is 11.6 Å². The van der Waals surface area contributed by atoms with E-state index in [0.29, 0.717) is 18.2 Å². The van der Waals surface area contributed by atoms with Gasteiger partial charge in [-0.25, -0.2) is 15.8 Å². The number of aromatic nitrogens is 3. The number of nitrogens with zero attached hydrogens (tertiary/aromatic N) is 3. The average Bonchev–Trinajstić information content (AvgIpc) is 2.81. The quantitative estimate of drug-likeness (QED) is 0.514. The minimum absolute atomic E-state index is 0.516. The molecule has 0 bridgehead atoms. The first kappa shape index (κ1) is 10.4. The Bertz CT molecular complexity index is 455. The van der Waals surface area contributed by atoms with Crippen molar-refractivity contribution in [1.29, 1.82) is 0 Å². The fourth-order valence-electron chi connectivity index (χ4n) is 1.28. The second-order valence-electron chi connectivity index (χ2n) is 3.17. The van der Waals surface area contributed by atoms with Crippen LogP contribution in [0.1, 0.15) is 11.3 Å². The van der Waals surface area contributed by atoms with Crippen LogP contribution in [0.2, 0.25) is 0 Å². The lowest BCUT2D eigenvalue weighted by molar-refractivity contribution is 0.388. The number of hydrogen-bond acceptors (Lipinski definition) is 7. The highest BCUT2D eigenvalue weighted by Gasteiger charge is 2.06. The summed E-state index contributed by atoms with van der Waals surface area (Å²) in [5.74, 6) is 7.35. The maximum atomic E-state index is 5.31. The van der Waals surface area contributed by atoms with Crippen molar-refractivity contribution in [2.24, 2.45) is 5.84 Å². The Morgan fingerprint density at radius 1 is 1.38 bits per heavy atom. The monoisotopic (exact) mass is 220 g/mol. The van der Waals surface area contributed by atoms with E-state index in [4.69, 9.17) is 10.4 Å². The molecule has 0 aliphatic heterocycles. The first-order valence-corrected chi connectivity index (χ1v) is 4.73. The van der Waals surface area contributed by atoms with E-state index in [9.17, 15) is 0 Å². The molecule has 0 unspecified atom stereocenters. The molecule has 2 rings (SSSR count).